The molecule has 1 atom stereocenters. The number of nitrogens with two attached hydrogens (primary N) is 1. The molecule has 1 saturated carbocycles. The summed E-state index contributed by atoms with van der Waals surface area (Å²) in [5.74, 6) is -2.04. The zero-order valence-corrected chi connectivity index (χ0v) is 12.9. The summed E-state index contributed by atoms with van der Waals surface area (Å²) in [6, 6.07) is -0.755. The molecular weight excluding hydrogens is 272 g/mol. The molecular formula is C15H26N2O4. The molecule has 0 aliphatic heterocycles. The van der Waals surface area contributed by atoms with Crippen LogP contribution in [0.4, 0.5) is 0 Å². The van der Waals surface area contributed by atoms with Crippen molar-refractivity contribution < 1.29 is 19.5 Å². The second-order valence-corrected chi connectivity index (χ2v) is 6.37. The van der Waals surface area contributed by atoms with E-state index in [0.717, 1.165) is 25.7 Å². The van der Waals surface area contributed by atoms with Gasteiger partial charge in [-0.15, -0.1) is 0 Å². The highest BCUT2D eigenvalue weighted by atomic mass is 16.4. The molecule has 1 rings (SSSR count). The third kappa shape index (κ3) is 4.72. The lowest BCUT2D eigenvalue weighted by molar-refractivity contribution is -0.153. The summed E-state index contributed by atoms with van der Waals surface area (Å²) in [6.45, 7) is 3.57. The van der Waals surface area contributed by atoms with E-state index >= 15 is 0 Å². The van der Waals surface area contributed by atoms with Crippen LogP contribution in [0.1, 0.15) is 58.8 Å². The van der Waals surface area contributed by atoms with Gasteiger partial charge in [-0.2, -0.15) is 0 Å². The first-order valence-electron chi connectivity index (χ1n) is 7.60. The van der Waals surface area contributed by atoms with Crippen LogP contribution in [-0.2, 0) is 14.4 Å². The Labute approximate surface area is 125 Å². The van der Waals surface area contributed by atoms with Gasteiger partial charge in [-0.05, 0) is 18.8 Å². The number of primary amides is 1. The second-order valence-electron chi connectivity index (χ2n) is 6.37. The van der Waals surface area contributed by atoms with Crippen LogP contribution in [0.3, 0.4) is 0 Å². The molecule has 1 aliphatic rings. The molecule has 0 saturated heterocycles. The first kappa shape index (κ1) is 17.5. The van der Waals surface area contributed by atoms with E-state index in [9.17, 15) is 19.5 Å². The lowest BCUT2D eigenvalue weighted by Gasteiger charge is -2.28. The van der Waals surface area contributed by atoms with Crippen LogP contribution in [0.2, 0.25) is 0 Å². The van der Waals surface area contributed by atoms with Gasteiger partial charge in [-0.3, -0.25) is 14.4 Å². The van der Waals surface area contributed by atoms with Crippen LogP contribution < -0.4 is 11.1 Å². The fourth-order valence-electron chi connectivity index (χ4n) is 2.97. The second kappa shape index (κ2) is 7.43. The molecule has 4 N–H and O–H groups in total. The third-order valence-corrected chi connectivity index (χ3v) is 4.30. The number of carbonyl (C=O) groups is 3. The number of carboxylic acid groups (broad SMARTS) is 1. The van der Waals surface area contributed by atoms with Crippen LogP contribution in [0.25, 0.3) is 0 Å². The van der Waals surface area contributed by atoms with Crippen LogP contribution >= 0.6 is 0 Å². The molecule has 0 bridgehead atoms. The van der Waals surface area contributed by atoms with Gasteiger partial charge in [0, 0.05) is 6.42 Å². The summed E-state index contributed by atoms with van der Waals surface area (Å²) in [6.07, 6.45) is 4.60. The largest absolute Gasteiger partial charge is 0.481 e. The summed E-state index contributed by atoms with van der Waals surface area (Å²) < 4.78 is 0. The minimum absolute atomic E-state index is 0.0845. The minimum Gasteiger partial charge on any atom is -0.481 e. The van der Waals surface area contributed by atoms with Crippen LogP contribution in [0, 0.1) is 11.3 Å². The van der Waals surface area contributed by atoms with E-state index in [1.54, 1.807) is 13.8 Å². The van der Waals surface area contributed by atoms with E-state index in [2.05, 4.69) is 5.32 Å². The number of aliphatic carboxylic acids is 1. The molecule has 0 spiro atoms. The Bertz CT molecular complexity index is 398. The maximum absolute atomic E-state index is 12.2. The lowest BCUT2D eigenvalue weighted by atomic mass is 9.77. The van der Waals surface area contributed by atoms with Crippen molar-refractivity contribution in [1.29, 1.82) is 0 Å². The van der Waals surface area contributed by atoms with E-state index in [1.165, 1.54) is 0 Å². The molecule has 0 radical (unpaired) electrons. The Kier molecular flexibility index (Phi) is 6.18. The molecule has 120 valence electrons. The summed E-state index contributed by atoms with van der Waals surface area (Å²) >= 11 is 0. The summed E-state index contributed by atoms with van der Waals surface area (Å²) in [5.41, 5.74) is 4.27. The molecule has 0 aromatic carbocycles. The molecule has 2 amide bonds. The van der Waals surface area contributed by atoms with E-state index in [0.29, 0.717) is 12.8 Å². The SMILES string of the molecule is CC(C)C(NC(=O)CC1(C(=O)O)CCCCCC1)C(N)=O. The van der Waals surface area contributed by atoms with Gasteiger partial charge in [0.15, 0.2) is 0 Å². The molecule has 1 unspecified atom stereocenters. The molecule has 0 aromatic heterocycles. The highest BCUT2D eigenvalue weighted by molar-refractivity contribution is 5.89. The topological polar surface area (TPSA) is 109 Å². The van der Waals surface area contributed by atoms with Gasteiger partial charge < -0.3 is 16.2 Å². The third-order valence-electron chi connectivity index (χ3n) is 4.30. The van der Waals surface area contributed by atoms with Crippen molar-refractivity contribution in [2.75, 3.05) is 0 Å². The number of carboxylic acids is 1. The van der Waals surface area contributed by atoms with Gasteiger partial charge in [-0.25, -0.2) is 0 Å². The molecule has 6 nitrogen and oxygen atoms in total. The Morgan fingerprint density at radius 3 is 2.05 bits per heavy atom. The van der Waals surface area contributed by atoms with Crippen molar-refractivity contribution in [3.63, 3.8) is 0 Å². The maximum atomic E-state index is 12.2. The lowest BCUT2D eigenvalue weighted by Crippen LogP contribution is -2.49. The molecule has 1 fully saturated rings. The summed E-state index contributed by atoms with van der Waals surface area (Å²) in [7, 11) is 0. The molecule has 0 aromatic rings. The fraction of sp³-hybridized carbons (Fsp3) is 0.800. The van der Waals surface area contributed by atoms with Crippen molar-refractivity contribution in [2.24, 2.45) is 17.1 Å². The molecule has 1 aliphatic carbocycles. The zero-order chi connectivity index (χ0) is 16.0. The van der Waals surface area contributed by atoms with E-state index in [4.69, 9.17) is 5.73 Å². The first-order valence-corrected chi connectivity index (χ1v) is 7.60. The summed E-state index contributed by atoms with van der Waals surface area (Å²) in [4.78, 5) is 35.1. The standard InChI is InChI=1S/C15H26N2O4/c1-10(2)12(13(16)19)17-11(18)9-15(14(20)21)7-5-3-4-6-8-15/h10,12H,3-9H2,1-2H3,(H2,16,19)(H,17,18)(H,20,21). The molecule has 0 heterocycles. The number of amides is 2. The Balaban J connectivity index is 2.77. The van der Waals surface area contributed by atoms with Crippen molar-refractivity contribution in [3.8, 4) is 0 Å². The number of carbonyl (C=O) groups excluding carboxylic acids is 2. The predicted octanol–water partition coefficient (Wildman–Crippen LogP) is 1.43. The predicted molar refractivity (Wildman–Crippen MR) is 78.4 cm³/mol. The Morgan fingerprint density at radius 1 is 1.14 bits per heavy atom. The number of hydrogen-bond donors (Lipinski definition) is 3. The number of hydrogen-bond acceptors (Lipinski definition) is 3. The van der Waals surface area contributed by atoms with E-state index in [-0.39, 0.29) is 12.3 Å². The summed E-state index contributed by atoms with van der Waals surface area (Å²) in [5, 5.41) is 12.1. The number of rotatable bonds is 6. The first-order chi connectivity index (χ1) is 9.78. The smallest absolute Gasteiger partial charge is 0.310 e. The van der Waals surface area contributed by atoms with Gasteiger partial charge in [0.25, 0.3) is 0 Å². The van der Waals surface area contributed by atoms with Gasteiger partial charge in [-0.1, -0.05) is 39.5 Å². The van der Waals surface area contributed by atoms with Crippen molar-refractivity contribution in [3.05, 3.63) is 0 Å². The van der Waals surface area contributed by atoms with E-state index < -0.39 is 29.2 Å². The fourth-order valence-corrected chi connectivity index (χ4v) is 2.97. The normalized spacial score (nSPS) is 19.6. The van der Waals surface area contributed by atoms with Crippen molar-refractivity contribution in [2.45, 2.75) is 64.8 Å². The quantitative estimate of drug-likeness (QED) is 0.644. The van der Waals surface area contributed by atoms with E-state index in [1.807, 2.05) is 0 Å². The average molecular weight is 298 g/mol. The van der Waals surface area contributed by atoms with Crippen molar-refractivity contribution in [1.82, 2.24) is 5.32 Å². The average Bonchev–Trinajstić information content (AvgIpc) is 2.61. The highest BCUT2D eigenvalue weighted by Gasteiger charge is 2.41. The Morgan fingerprint density at radius 2 is 1.67 bits per heavy atom. The monoisotopic (exact) mass is 298 g/mol. The van der Waals surface area contributed by atoms with Crippen LogP contribution in [0.15, 0.2) is 0 Å². The maximum Gasteiger partial charge on any atom is 0.310 e. The van der Waals surface area contributed by atoms with Gasteiger partial charge in [0.1, 0.15) is 6.04 Å². The van der Waals surface area contributed by atoms with Gasteiger partial charge in [0.05, 0.1) is 5.41 Å². The number of nitrogens with one attached hydrogen (secondary N) is 1. The highest BCUT2D eigenvalue weighted by Crippen LogP contribution is 2.38. The van der Waals surface area contributed by atoms with Crippen LogP contribution in [0.5, 0.6) is 0 Å². The molecule has 6 heteroatoms. The van der Waals surface area contributed by atoms with Crippen LogP contribution in [-0.4, -0.2) is 28.9 Å². The van der Waals surface area contributed by atoms with Gasteiger partial charge >= 0.3 is 5.97 Å². The molecule has 21 heavy (non-hydrogen) atoms. The zero-order valence-electron chi connectivity index (χ0n) is 12.9. The van der Waals surface area contributed by atoms with Gasteiger partial charge in [0.2, 0.25) is 11.8 Å². The Hall–Kier alpha value is -1.59. The van der Waals surface area contributed by atoms with Crippen molar-refractivity contribution >= 4 is 17.8 Å². The minimum atomic E-state index is -1.00.